The Labute approximate surface area is 358 Å². The van der Waals surface area contributed by atoms with Crippen molar-refractivity contribution in [3.05, 3.63) is 194 Å². The fraction of sp³-hybridized carbons (Fsp3) is 0.0769. The van der Waals surface area contributed by atoms with Crippen LogP contribution < -0.4 is 5.19 Å². The van der Waals surface area contributed by atoms with E-state index in [1.165, 1.54) is 16.8 Å². The van der Waals surface area contributed by atoms with E-state index in [0.717, 1.165) is 78.0 Å². The zero-order chi connectivity index (χ0) is 41.4. The van der Waals surface area contributed by atoms with E-state index >= 15 is 0 Å². The molecule has 0 fully saturated rings. The SMILES string of the molecule is [2H]C([2H])([2H])c1c[c-]c(-c2ccc([Si](C)(C)C)cn2)cc1.[Ir].[c-]1ccc2c(oc3ccccc32)c1-c1nc2ccccc2n1-c1cc(-c2ccccc2)ccc1-c1ccccc1. The Hall–Kier alpha value is -6.17. The minimum absolute atomic E-state index is 0. The summed E-state index contributed by atoms with van der Waals surface area (Å²) in [5.41, 5.74) is 12.0. The van der Waals surface area contributed by atoms with Crippen molar-refractivity contribution in [2.24, 2.45) is 0 Å². The van der Waals surface area contributed by atoms with E-state index < -0.39 is 14.9 Å². The molecular formula is C52H41IrN3OSi-2. The smallest absolute Gasteiger partial charge is 0.120 e. The van der Waals surface area contributed by atoms with Gasteiger partial charge in [0, 0.05) is 47.1 Å². The maximum Gasteiger partial charge on any atom is 0.120 e. The summed E-state index contributed by atoms with van der Waals surface area (Å²) in [5.74, 6) is 0.799. The number of para-hydroxylation sites is 3. The molecule has 0 atom stereocenters. The Morgan fingerprint density at radius 2 is 1.41 bits per heavy atom. The van der Waals surface area contributed by atoms with Crippen LogP contribution in [0.5, 0.6) is 0 Å². The molecule has 3 aromatic heterocycles. The summed E-state index contributed by atoms with van der Waals surface area (Å²) in [4.78, 5) is 9.66. The predicted octanol–water partition coefficient (Wildman–Crippen LogP) is 13.1. The van der Waals surface area contributed by atoms with Crippen LogP contribution in [0, 0.1) is 19.0 Å². The second-order valence-corrected chi connectivity index (χ2v) is 20.2. The molecule has 0 N–H and O–H groups in total. The third kappa shape index (κ3) is 7.62. The molecule has 0 aliphatic heterocycles. The van der Waals surface area contributed by atoms with Crippen LogP contribution in [0.1, 0.15) is 9.68 Å². The number of nitrogens with zero attached hydrogens (tertiary/aromatic N) is 3. The topological polar surface area (TPSA) is 43.9 Å². The molecule has 3 heterocycles. The van der Waals surface area contributed by atoms with Crippen LogP contribution in [0.2, 0.25) is 19.6 Å². The molecule has 1 radical (unpaired) electrons. The second kappa shape index (κ2) is 16.4. The summed E-state index contributed by atoms with van der Waals surface area (Å²) in [7, 11) is -1.34. The fourth-order valence-corrected chi connectivity index (χ4v) is 8.30. The van der Waals surface area contributed by atoms with Crippen LogP contribution in [0.4, 0.5) is 0 Å². The maximum atomic E-state index is 7.35. The van der Waals surface area contributed by atoms with E-state index in [2.05, 4.69) is 151 Å². The number of rotatable bonds is 6. The van der Waals surface area contributed by atoms with E-state index in [9.17, 15) is 0 Å². The predicted molar refractivity (Wildman–Crippen MR) is 240 cm³/mol. The molecule has 4 nitrogen and oxygen atoms in total. The van der Waals surface area contributed by atoms with E-state index in [0.29, 0.717) is 5.56 Å². The first kappa shape index (κ1) is 35.0. The Morgan fingerprint density at radius 3 is 2.14 bits per heavy atom. The number of hydrogen-bond donors (Lipinski definition) is 0. The number of fused-ring (bicyclic) bond motifs is 4. The minimum atomic E-state index is -2.08. The van der Waals surface area contributed by atoms with Crippen LogP contribution in [0.3, 0.4) is 0 Å². The maximum absolute atomic E-state index is 7.35. The molecule has 58 heavy (non-hydrogen) atoms. The molecule has 0 unspecified atom stereocenters. The third-order valence-corrected chi connectivity index (χ3v) is 12.3. The molecule has 10 rings (SSSR count). The zero-order valence-electron chi connectivity index (χ0n) is 35.3. The number of pyridine rings is 1. The molecule has 0 aliphatic rings. The van der Waals surface area contributed by atoms with Gasteiger partial charge in [-0.3, -0.25) is 4.98 Å². The van der Waals surface area contributed by atoms with Crippen molar-refractivity contribution in [2.45, 2.75) is 26.5 Å². The first-order chi connectivity index (χ1) is 29.0. The number of furan rings is 1. The van der Waals surface area contributed by atoms with E-state index in [-0.39, 0.29) is 20.1 Å². The van der Waals surface area contributed by atoms with E-state index in [1.54, 1.807) is 12.1 Å². The van der Waals surface area contributed by atoms with Crippen LogP contribution >= 0.6 is 0 Å². The molecule has 0 aliphatic carbocycles. The van der Waals surface area contributed by atoms with Crippen LogP contribution in [-0.2, 0) is 20.1 Å². The standard InChI is InChI=1S/C37H23N2O.C15H18NSi.Ir/c1-3-12-25(13-4-1)27-22-23-28(26-14-5-2-6-15-26)34(24-27)39-33-20-9-8-19-32(33)38-37(39)31-18-11-17-30-29-16-7-10-21-35(29)40-36(30)31;1-12-5-7-13(8-6-12)15-10-9-14(11-16-15)17(2,3)4;/h1-17,19-24H;5-7,9-11H,1-4H3;/q2*-1;/i;1D3;. The molecule has 0 saturated heterocycles. The number of imidazole rings is 1. The van der Waals surface area contributed by atoms with E-state index in [4.69, 9.17) is 13.5 Å². The van der Waals surface area contributed by atoms with Gasteiger partial charge in [-0.05, 0) is 51.8 Å². The molecule has 0 spiro atoms. The van der Waals surface area contributed by atoms with Crippen molar-refractivity contribution in [1.29, 1.82) is 0 Å². The van der Waals surface area contributed by atoms with Gasteiger partial charge in [0.15, 0.2) is 0 Å². The average molecular weight is 947 g/mol. The van der Waals surface area contributed by atoms with Crippen molar-refractivity contribution in [1.82, 2.24) is 14.5 Å². The van der Waals surface area contributed by atoms with Crippen molar-refractivity contribution in [3.63, 3.8) is 0 Å². The molecule has 0 amide bonds. The van der Waals surface area contributed by atoms with E-state index in [1.807, 2.05) is 48.7 Å². The van der Waals surface area contributed by atoms with Gasteiger partial charge >= 0.3 is 0 Å². The van der Waals surface area contributed by atoms with Gasteiger partial charge in [0.05, 0.1) is 30.5 Å². The van der Waals surface area contributed by atoms with Gasteiger partial charge < -0.3 is 14.0 Å². The van der Waals surface area contributed by atoms with Crippen molar-refractivity contribution >= 4 is 46.2 Å². The van der Waals surface area contributed by atoms with Gasteiger partial charge in [-0.25, -0.2) is 0 Å². The van der Waals surface area contributed by atoms with Gasteiger partial charge in [0.1, 0.15) is 5.58 Å². The normalized spacial score (nSPS) is 12.3. The summed E-state index contributed by atoms with van der Waals surface area (Å²) in [6.45, 7) is 4.76. The summed E-state index contributed by atoms with van der Waals surface area (Å²) in [5, 5.41) is 3.45. The van der Waals surface area contributed by atoms with Gasteiger partial charge in [-0.15, -0.1) is 53.6 Å². The summed E-state index contributed by atoms with van der Waals surface area (Å²) < 4.78 is 30.8. The van der Waals surface area contributed by atoms with Crippen molar-refractivity contribution in [3.8, 4) is 50.6 Å². The quantitative estimate of drug-likeness (QED) is 0.123. The Balaban J connectivity index is 0.000000208. The number of benzene rings is 7. The molecule has 0 bridgehead atoms. The van der Waals surface area contributed by atoms with Crippen LogP contribution in [0.15, 0.2) is 180 Å². The summed E-state index contributed by atoms with van der Waals surface area (Å²) in [6, 6.07) is 63.7. The largest absolute Gasteiger partial charge is 0.501 e. The zero-order valence-corrected chi connectivity index (χ0v) is 35.7. The van der Waals surface area contributed by atoms with Crippen molar-refractivity contribution < 1.29 is 28.6 Å². The Morgan fingerprint density at radius 1 is 0.672 bits per heavy atom. The number of hydrogen-bond acceptors (Lipinski definition) is 3. The molecule has 7 aromatic carbocycles. The molecule has 285 valence electrons. The molecule has 6 heteroatoms. The first-order valence-corrected chi connectivity index (χ1v) is 22.6. The third-order valence-electron chi connectivity index (χ3n) is 10.3. The average Bonchev–Trinajstić information content (AvgIpc) is 3.86. The van der Waals surface area contributed by atoms with Gasteiger partial charge in [-0.1, -0.05) is 153 Å². The monoisotopic (exact) mass is 947 g/mol. The molecular weight excluding hydrogens is 903 g/mol. The van der Waals surface area contributed by atoms with Gasteiger partial charge in [0.25, 0.3) is 0 Å². The number of aryl methyl sites for hydroxylation is 1. The minimum Gasteiger partial charge on any atom is -0.501 e. The molecule has 0 saturated carbocycles. The fourth-order valence-electron chi connectivity index (χ4n) is 7.26. The first-order valence-electron chi connectivity index (χ1n) is 20.6. The Bertz CT molecular complexity index is 3050. The summed E-state index contributed by atoms with van der Waals surface area (Å²) in [6.07, 6.45) is 1.92. The van der Waals surface area contributed by atoms with Gasteiger partial charge in [-0.2, -0.15) is 0 Å². The second-order valence-electron chi connectivity index (χ2n) is 15.1. The van der Waals surface area contributed by atoms with Crippen LogP contribution in [0.25, 0.3) is 83.6 Å². The van der Waals surface area contributed by atoms with Crippen molar-refractivity contribution in [2.75, 3.05) is 0 Å². The van der Waals surface area contributed by atoms with Gasteiger partial charge in [0.2, 0.25) is 0 Å². The van der Waals surface area contributed by atoms with Crippen LogP contribution in [-0.4, -0.2) is 22.6 Å². The molecule has 10 aromatic rings. The number of aromatic nitrogens is 3. The summed E-state index contributed by atoms with van der Waals surface area (Å²) >= 11 is 0. The Kier molecular flexibility index (Phi) is 9.88.